The summed E-state index contributed by atoms with van der Waals surface area (Å²) in [4.78, 5) is 24.4. The van der Waals surface area contributed by atoms with Crippen molar-refractivity contribution in [3.8, 4) is 5.75 Å². The van der Waals surface area contributed by atoms with Crippen molar-refractivity contribution in [3.63, 3.8) is 0 Å². The highest BCUT2D eigenvalue weighted by molar-refractivity contribution is 9.09. The van der Waals surface area contributed by atoms with Gasteiger partial charge in [0, 0.05) is 17.8 Å². The van der Waals surface area contributed by atoms with Crippen LogP contribution in [-0.2, 0) is 34.7 Å². The quantitative estimate of drug-likeness (QED) is 0.465. The van der Waals surface area contributed by atoms with Crippen LogP contribution >= 0.6 is 15.9 Å². The van der Waals surface area contributed by atoms with Gasteiger partial charge in [0.05, 0.1) is 12.9 Å². The van der Waals surface area contributed by atoms with Crippen LogP contribution in [0.3, 0.4) is 0 Å². The molecule has 148 valence electrons. The monoisotopic (exact) mass is 461 g/mol. The number of esters is 1. The predicted molar refractivity (Wildman–Crippen MR) is 101 cm³/mol. The molecule has 0 amide bonds. The van der Waals surface area contributed by atoms with Gasteiger partial charge in [0.2, 0.25) is 27.3 Å². The van der Waals surface area contributed by atoms with E-state index >= 15 is 0 Å². The number of carbonyl (C=O) groups is 2. The van der Waals surface area contributed by atoms with E-state index in [0.29, 0.717) is 23.1 Å². The fraction of sp³-hybridized carbons (Fsp3) is 0.412. The van der Waals surface area contributed by atoms with Gasteiger partial charge in [0.15, 0.2) is 0 Å². The van der Waals surface area contributed by atoms with E-state index in [4.69, 9.17) is 14.2 Å². The second kappa shape index (κ2) is 8.30. The first kappa shape index (κ1) is 21.2. The Morgan fingerprint density at radius 3 is 2.59 bits per heavy atom. The average molecular weight is 462 g/mol. The van der Waals surface area contributed by atoms with Gasteiger partial charge < -0.3 is 14.2 Å². The molecule has 1 unspecified atom stereocenters. The maximum atomic E-state index is 13.0. The minimum absolute atomic E-state index is 0.196. The van der Waals surface area contributed by atoms with Crippen LogP contribution in [0.1, 0.15) is 25.8 Å². The normalized spacial score (nSPS) is 19.6. The Bertz CT molecular complexity index is 881. The number of hydrogen-bond acceptors (Lipinski definition) is 7. The van der Waals surface area contributed by atoms with Crippen LogP contribution in [-0.4, -0.2) is 38.4 Å². The van der Waals surface area contributed by atoms with Crippen molar-refractivity contribution >= 4 is 37.7 Å². The molecule has 0 saturated carbocycles. The summed E-state index contributed by atoms with van der Waals surface area (Å²) in [5.74, 6) is -2.20. The topological polar surface area (TPSA) is 108 Å². The van der Waals surface area contributed by atoms with Crippen molar-refractivity contribution < 1.29 is 32.2 Å². The Labute approximate surface area is 166 Å². The summed E-state index contributed by atoms with van der Waals surface area (Å²) in [6, 6.07) is 6.66. The average Bonchev–Trinajstić information content (AvgIpc) is 2.84. The number of hydrogen-bond donors (Lipinski definition) is 1. The smallest absolute Gasteiger partial charge is 0.308 e. The highest BCUT2D eigenvalue weighted by atomic mass is 79.9. The molecule has 1 aromatic rings. The minimum atomic E-state index is -3.80. The minimum Gasteiger partial charge on any atom is -0.496 e. The highest BCUT2D eigenvalue weighted by Crippen LogP contribution is 2.42. The summed E-state index contributed by atoms with van der Waals surface area (Å²) in [6.07, 6.45) is 0.350. The number of Topliss-reactive ketones (excluding diaryl/α,β-unsaturated/α-hetero) is 1. The van der Waals surface area contributed by atoms with Crippen LogP contribution in [0.25, 0.3) is 0 Å². The van der Waals surface area contributed by atoms with E-state index in [1.165, 1.54) is 14.0 Å². The number of benzene rings is 1. The summed E-state index contributed by atoms with van der Waals surface area (Å²) in [6.45, 7) is 2.56. The summed E-state index contributed by atoms with van der Waals surface area (Å²) in [5, 5.41) is 0.489. The molecule has 0 aliphatic carbocycles. The van der Waals surface area contributed by atoms with Gasteiger partial charge in [0.25, 0.3) is 5.78 Å². The molecule has 2 rings (SSSR count). The van der Waals surface area contributed by atoms with Gasteiger partial charge in [-0.25, -0.2) is 8.42 Å². The van der Waals surface area contributed by atoms with E-state index in [1.807, 2.05) is 0 Å². The van der Waals surface area contributed by atoms with Gasteiger partial charge in [-0.2, -0.15) is 0 Å². The molecule has 10 heteroatoms. The number of rotatable bonds is 8. The summed E-state index contributed by atoms with van der Waals surface area (Å²) in [5.41, 5.74) is -1.25. The lowest BCUT2D eigenvalue weighted by Gasteiger charge is -2.25. The van der Waals surface area contributed by atoms with E-state index in [-0.39, 0.29) is 5.75 Å². The van der Waals surface area contributed by atoms with Crippen molar-refractivity contribution in [1.82, 2.24) is 4.72 Å². The predicted octanol–water partition coefficient (Wildman–Crippen LogP) is 1.95. The summed E-state index contributed by atoms with van der Waals surface area (Å²) in [7, 11) is -2.37. The van der Waals surface area contributed by atoms with Gasteiger partial charge in [-0.3, -0.25) is 14.3 Å². The molecule has 8 nitrogen and oxygen atoms in total. The number of halogens is 1. The van der Waals surface area contributed by atoms with Gasteiger partial charge in [-0.05, 0) is 19.4 Å². The van der Waals surface area contributed by atoms with Crippen LogP contribution < -0.4 is 9.46 Å². The first-order valence-corrected chi connectivity index (χ1v) is 10.8. The lowest BCUT2D eigenvalue weighted by atomic mass is 9.91. The molecule has 1 aliphatic heterocycles. The number of alkyl halides is 1. The van der Waals surface area contributed by atoms with Crippen molar-refractivity contribution in [1.29, 1.82) is 0 Å². The van der Waals surface area contributed by atoms with Crippen molar-refractivity contribution in [2.45, 2.75) is 25.9 Å². The molecule has 1 heterocycles. The second-order valence-corrected chi connectivity index (χ2v) is 8.51. The molecule has 0 aromatic heterocycles. The third kappa shape index (κ3) is 4.62. The van der Waals surface area contributed by atoms with Gasteiger partial charge in [-0.1, -0.05) is 34.1 Å². The molecular formula is C17H20BrNO7S. The van der Waals surface area contributed by atoms with E-state index in [9.17, 15) is 18.0 Å². The number of ketones is 1. The van der Waals surface area contributed by atoms with Crippen molar-refractivity contribution in [2.24, 2.45) is 0 Å². The van der Waals surface area contributed by atoms with E-state index in [2.05, 4.69) is 20.7 Å². The zero-order valence-electron chi connectivity index (χ0n) is 15.1. The lowest BCUT2D eigenvalue weighted by molar-refractivity contribution is -0.142. The van der Waals surface area contributed by atoms with Crippen LogP contribution in [0, 0.1) is 0 Å². The van der Waals surface area contributed by atoms with Crippen LogP contribution in [0.2, 0.25) is 0 Å². The Morgan fingerprint density at radius 1 is 1.33 bits per heavy atom. The zero-order chi connectivity index (χ0) is 20.2. The van der Waals surface area contributed by atoms with Crippen LogP contribution in [0.5, 0.6) is 5.75 Å². The molecule has 0 spiro atoms. The standard InChI is InChI=1S/C17H20BrNO7S/c1-11(20)25-14-15(21)17(2,12-7-4-5-8-13(12)24-3)26-16(14)19-27(22,23)10-6-9-18/h4-5,7-8,19H,6,9-10H2,1-3H3. The van der Waals surface area contributed by atoms with Crippen molar-refractivity contribution in [3.05, 3.63) is 41.5 Å². The Hall–Kier alpha value is -2.07. The zero-order valence-corrected chi connectivity index (χ0v) is 17.5. The highest BCUT2D eigenvalue weighted by Gasteiger charge is 2.51. The third-order valence-electron chi connectivity index (χ3n) is 3.81. The molecule has 27 heavy (non-hydrogen) atoms. The molecule has 1 N–H and O–H groups in total. The molecule has 0 saturated heterocycles. The molecule has 1 aliphatic rings. The second-order valence-electron chi connectivity index (χ2n) is 5.88. The first-order chi connectivity index (χ1) is 12.6. The fourth-order valence-corrected chi connectivity index (χ4v) is 4.27. The van der Waals surface area contributed by atoms with Crippen molar-refractivity contribution in [2.75, 3.05) is 18.2 Å². The maximum Gasteiger partial charge on any atom is 0.308 e. The molecular weight excluding hydrogens is 442 g/mol. The summed E-state index contributed by atoms with van der Waals surface area (Å²) < 4.78 is 42.6. The lowest BCUT2D eigenvalue weighted by Crippen LogP contribution is -2.33. The number of nitrogens with one attached hydrogen (secondary N) is 1. The molecule has 0 bridgehead atoms. The number of carbonyl (C=O) groups excluding carboxylic acids is 2. The number of para-hydroxylation sites is 1. The van der Waals surface area contributed by atoms with Crippen LogP contribution in [0.15, 0.2) is 35.9 Å². The van der Waals surface area contributed by atoms with Gasteiger partial charge >= 0.3 is 5.97 Å². The van der Waals surface area contributed by atoms with E-state index in [0.717, 1.165) is 6.92 Å². The number of methoxy groups -OCH3 is 1. The Kier molecular flexibility index (Phi) is 6.53. The summed E-state index contributed by atoms with van der Waals surface area (Å²) >= 11 is 3.16. The SMILES string of the molecule is COc1ccccc1C1(C)OC(NS(=O)(=O)CCCBr)=C(OC(C)=O)C1=O. The van der Waals surface area contributed by atoms with Gasteiger partial charge in [-0.15, -0.1) is 0 Å². The van der Waals surface area contributed by atoms with Crippen LogP contribution in [0.4, 0.5) is 0 Å². The third-order valence-corrected chi connectivity index (χ3v) is 5.70. The van der Waals surface area contributed by atoms with E-state index < -0.39 is 39.0 Å². The Morgan fingerprint density at radius 2 is 2.00 bits per heavy atom. The Balaban J connectivity index is 2.46. The molecule has 0 radical (unpaired) electrons. The molecule has 1 atom stereocenters. The maximum absolute atomic E-state index is 13.0. The van der Waals surface area contributed by atoms with Gasteiger partial charge in [0.1, 0.15) is 5.75 Å². The first-order valence-electron chi connectivity index (χ1n) is 8.01. The molecule has 1 aromatic carbocycles. The largest absolute Gasteiger partial charge is 0.496 e. The molecule has 0 fully saturated rings. The fourth-order valence-electron chi connectivity index (χ4n) is 2.57. The number of ether oxygens (including phenoxy) is 3. The number of sulfonamides is 1. The van der Waals surface area contributed by atoms with E-state index in [1.54, 1.807) is 24.3 Å².